The molecular weight excluding hydrogens is 236 g/mol. The predicted octanol–water partition coefficient (Wildman–Crippen LogP) is 1.81. The van der Waals surface area contributed by atoms with Gasteiger partial charge >= 0.3 is 6.01 Å². The molecule has 0 aliphatic rings. The van der Waals surface area contributed by atoms with Crippen LogP contribution in [0.25, 0.3) is 0 Å². The van der Waals surface area contributed by atoms with E-state index in [-0.39, 0.29) is 6.01 Å². The summed E-state index contributed by atoms with van der Waals surface area (Å²) in [5.74, 6) is 0.453. The van der Waals surface area contributed by atoms with Crippen molar-refractivity contribution in [2.45, 2.75) is 0 Å². The fourth-order valence-electron chi connectivity index (χ4n) is 0.682. The van der Waals surface area contributed by atoms with Gasteiger partial charge in [-0.25, -0.2) is 4.98 Å². The lowest BCUT2D eigenvalue weighted by molar-refractivity contribution is 0.318. The van der Waals surface area contributed by atoms with Crippen LogP contribution < -0.4 is 9.47 Å². The Kier molecular flexibility index (Phi) is 3.70. The van der Waals surface area contributed by atoms with Crippen molar-refractivity contribution >= 4 is 15.9 Å². The quantitative estimate of drug-likeness (QED) is 0.759. The van der Waals surface area contributed by atoms with Crippen LogP contribution in [0, 0.1) is 0 Å². The van der Waals surface area contributed by atoms with E-state index in [0.717, 1.165) is 0 Å². The van der Waals surface area contributed by atoms with Crippen molar-refractivity contribution in [3.8, 4) is 11.9 Å². The smallest absolute Gasteiger partial charge is 0.320 e. The molecule has 0 spiro atoms. The van der Waals surface area contributed by atoms with E-state index in [1.54, 1.807) is 12.3 Å². The minimum absolute atomic E-state index is 0.278. The maximum absolute atomic E-state index is 5.11. The number of hydrogen-bond acceptors (Lipinski definition) is 4. The van der Waals surface area contributed by atoms with Gasteiger partial charge < -0.3 is 9.47 Å². The summed E-state index contributed by atoms with van der Waals surface area (Å²) in [5, 5.41) is 0. The highest BCUT2D eigenvalue weighted by Crippen LogP contribution is 2.22. The van der Waals surface area contributed by atoms with Crippen molar-refractivity contribution in [2.24, 2.45) is 0 Å². The maximum Gasteiger partial charge on any atom is 0.320 e. The van der Waals surface area contributed by atoms with Gasteiger partial charge in [-0.15, -0.1) is 0 Å². The summed E-state index contributed by atoms with van der Waals surface area (Å²) in [6, 6.07) is 0.278. The molecule has 0 bridgehead atoms. The third-order valence-electron chi connectivity index (χ3n) is 1.21. The number of aromatic nitrogens is 2. The first-order chi connectivity index (χ1) is 6.27. The standard InChI is InChI=1S/C8H9BrN2O2/c1-3-4-13-8-10-5-6(9)7(11-8)12-2/h3,5H,1,4H2,2H3. The average Bonchev–Trinajstić information content (AvgIpc) is 2.16. The Morgan fingerprint density at radius 2 is 2.46 bits per heavy atom. The number of nitrogens with zero attached hydrogens (tertiary/aromatic N) is 2. The number of methoxy groups -OCH3 is 1. The second-order valence-corrected chi connectivity index (χ2v) is 2.96. The first kappa shape index (κ1) is 9.98. The Bertz CT molecular complexity index is 304. The van der Waals surface area contributed by atoms with Crippen LogP contribution in [-0.4, -0.2) is 23.7 Å². The molecule has 1 aromatic heterocycles. The van der Waals surface area contributed by atoms with Crippen LogP contribution in [0.5, 0.6) is 11.9 Å². The lowest BCUT2D eigenvalue weighted by Crippen LogP contribution is -1.99. The lowest BCUT2D eigenvalue weighted by atomic mass is 10.6. The Morgan fingerprint density at radius 1 is 1.69 bits per heavy atom. The van der Waals surface area contributed by atoms with E-state index in [1.807, 2.05) is 0 Å². The van der Waals surface area contributed by atoms with Crippen LogP contribution in [0.2, 0.25) is 0 Å². The van der Waals surface area contributed by atoms with E-state index in [4.69, 9.17) is 9.47 Å². The van der Waals surface area contributed by atoms with Crippen molar-refractivity contribution < 1.29 is 9.47 Å². The van der Waals surface area contributed by atoms with Crippen LogP contribution in [0.15, 0.2) is 23.3 Å². The molecule has 13 heavy (non-hydrogen) atoms. The molecule has 0 aliphatic carbocycles. The monoisotopic (exact) mass is 244 g/mol. The van der Waals surface area contributed by atoms with Crippen molar-refractivity contribution in [3.05, 3.63) is 23.3 Å². The molecule has 1 heterocycles. The molecule has 0 aliphatic heterocycles. The van der Waals surface area contributed by atoms with Crippen molar-refractivity contribution in [1.82, 2.24) is 9.97 Å². The molecule has 0 saturated carbocycles. The van der Waals surface area contributed by atoms with Gasteiger partial charge in [-0.05, 0) is 15.9 Å². The summed E-state index contributed by atoms with van der Waals surface area (Å²) in [5.41, 5.74) is 0. The second-order valence-electron chi connectivity index (χ2n) is 2.11. The van der Waals surface area contributed by atoms with Crippen molar-refractivity contribution in [1.29, 1.82) is 0 Å². The van der Waals surface area contributed by atoms with Crippen molar-refractivity contribution in [2.75, 3.05) is 13.7 Å². The largest absolute Gasteiger partial charge is 0.480 e. The SMILES string of the molecule is C=CCOc1ncc(Br)c(OC)n1. The zero-order chi connectivity index (χ0) is 9.68. The van der Waals surface area contributed by atoms with E-state index in [1.165, 1.54) is 7.11 Å². The molecule has 0 N–H and O–H groups in total. The maximum atomic E-state index is 5.11. The summed E-state index contributed by atoms with van der Waals surface area (Å²) >= 11 is 3.23. The number of rotatable bonds is 4. The molecule has 0 atom stereocenters. The fraction of sp³-hybridized carbons (Fsp3) is 0.250. The summed E-state index contributed by atoms with van der Waals surface area (Å²) in [6.45, 7) is 3.89. The van der Waals surface area contributed by atoms with Gasteiger partial charge in [0, 0.05) is 0 Å². The Hall–Kier alpha value is -1.10. The molecule has 0 amide bonds. The molecule has 1 rings (SSSR count). The summed E-state index contributed by atoms with van der Waals surface area (Å²) < 4.78 is 10.8. The molecule has 1 aromatic rings. The first-order valence-corrected chi connectivity index (χ1v) is 4.37. The third-order valence-corrected chi connectivity index (χ3v) is 1.76. The summed E-state index contributed by atoms with van der Waals surface area (Å²) in [7, 11) is 1.53. The van der Waals surface area contributed by atoms with Gasteiger partial charge in [-0.3, -0.25) is 0 Å². The van der Waals surface area contributed by atoms with Crippen LogP contribution in [0.3, 0.4) is 0 Å². The normalized spacial score (nSPS) is 9.38. The van der Waals surface area contributed by atoms with Gasteiger partial charge in [0.15, 0.2) is 0 Å². The fourth-order valence-corrected chi connectivity index (χ4v) is 1.04. The van der Waals surface area contributed by atoms with Crippen LogP contribution in [0.4, 0.5) is 0 Å². The molecule has 0 fully saturated rings. The Morgan fingerprint density at radius 3 is 3.08 bits per heavy atom. The molecule has 4 nitrogen and oxygen atoms in total. The number of halogens is 1. The number of hydrogen-bond donors (Lipinski definition) is 0. The van der Waals surface area contributed by atoms with Gasteiger partial charge in [0.25, 0.3) is 0 Å². The molecule has 5 heteroatoms. The zero-order valence-electron chi connectivity index (χ0n) is 7.16. The highest BCUT2D eigenvalue weighted by atomic mass is 79.9. The second kappa shape index (κ2) is 4.81. The molecule has 0 unspecified atom stereocenters. The molecular formula is C8H9BrN2O2. The molecule has 0 aromatic carbocycles. The highest BCUT2D eigenvalue weighted by Gasteiger charge is 2.04. The van der Waals surface area contributed by atoms with E-state index in [2.05, 4.69) is 32.5 Å². The van der Waals surface area contributed by atoms with Crippen molar-refractivity contribution in [3.63, 3.8) is 0 Å². The Balaban J connectivity index is 2.79. The van der Waals surface area contributed by atoms with Gasteiger partial charge in [0.2, 0.25) is 5.88 Å². The Labute approximate surface area is 84.7 Å². The van der Waals surface area contributed by atoms with E-state index in [0.29, 0.717) is 17.0 Å². The summed E-state index contributed by atoms with van der Waals surface area (Å²) in [6.07, 6.45) is 3.20. The topological polar surface area (TPSA) is 44.2 Å². The molecule has 0 radical (unpaired) electrons. The van der Waals surface area contributed by atoms with Gasteiger partial charge in [-0.1, -0.05) is 12.7 Å². The minimum Gasteiger partial charge on any atom is -0.480 e. The van der Waals surface area contributed by atoms with Gasteiger partial charge in [-0.2, -0.15) is 4.98 Å². The lowest BCUT2D eigenvalue weighted by Gasteiger charge is -2.04. The highest BCUT2D eigenvalue weighted by molar-refractivity contribution is 9.10. The van der Waals surface area contributed by atoms with Gasteiger partial charge in [0.1, 0.15) is 6.61 Å². The molecule has 70 valence electrons. The van der Waals surface area contributed by atoms with Crippen LogP contribution >= 0.6 is 15.9 Å². The minimum atomic E-state index is 0.278. The first-order valence-electron chi connectivity index (χ1n) is 3.58. The van der Waals surface area contributed by atoms with Crippen LogP contribution in [0.1, 0.15) is 0 Å². The van der Waals surface area contributed by atoms with E-state index in [9.17, 15) is 0 Å². The average molecular weight is 245 g/mol. The predicted molar refractivity (Wildman–Crippen MR) is 52.0 cm³/mol. The third kappa shape index (κ3) is 2.69. The zero-order valence-corrected chi connectivity index (χ0v) is 8.74. The van der Waals surface area contributed by atoms with E-state index < -0.39 is 0 Å². The van der Waals surface area contributed by atoms with Crippen LogP contribution in [-0.2, 0) is 0 Å². The number of ether oxygens (including phenoxy) is 2. The van der Waals surface area contributed by atoms with Gasteiger partial charge in [0.05, 0.1) is 17.8 Å². The summed E-state index contributed by atoms with van der Waals surface area (Å²) in [4.78, 5) is 7.89. The molecule has 0 saturated heterocycles. The van der Waals surface area contributed by atoms with E-state index >= 15 is 0 Å².